The number of benzene rings is 3. The summed E-state index contributed by atoms with van der Waals surface area (Å²) in [4.78, 5) is 20.9. The van der Waals surface area contributed by atoms with Gasteiger partial charge in [0, 0.05) is 23.6 Å². The molecule has 0 radical (unpaired) electrons. The monoisotopic (exact) mass is 476 g/mol. The lowest BCUT2D eigenvalue weighted by atomic mass is 10.1. The first-order valence-corrected chi connectivity index (χ1v) is 11.8. The van der Waals surface area contributed by atoms with Crippen LogP contribution in [0.2, 0.25) is 0 Å². The highest BCUT2D eigenvalue weighted by Gasteiger charge is 2.27. The molecule has 4 aromatic rings. The molecule has 0 spiro atoms. The third kappa shape index (κ3) is 5.26. The largest absolute Gasteiger partial charge is 0.322 e. The fourth-order valence-corrected chi connectivity index (χ4v) is 4.55. The molecule has 0 aliphatic carbocycles. The molecule has 172 valence electrons. The van der Waals surface area contributed by atoms with Gasteiger partial charge >= 0.3 is 0 Å². The molecule has 0 aliphatic rings. The number of carbonyl (C=O) groups is 1. The van der Waals surface area contributed by atoms with E-state index in [0.29, 0.717) is 16.8 Å². The summed E-state index contributed by atoms with van der Waals surface area (Å²) >= 11 is 0. The van der Waals surface area contributed by atoms with Crippen LogP contribution >= 0.6 is 0 Å². The lowest BCUT2D eigenvalue weighted by molar-refractivity contribution is 0.102. The van der Waals surface area contributed by atoms with Crippen molar-refractivity contribution in [1.82, 2.24) is 9.97 Å². The van der Waals surface area contributed by atoms with Gasteiger partial charge in [0.15, 0.2) is 0 Å². The number of carbonyl (C=O) groups excluding carboxylic acids is 1. The van der Waals surface area contributed by atoms with Gasteiger partial charge in [-0.1, -0.05) is 29.8 Å². The molecule has 1 aromatic heterocycles. The van der Waals surface area contributed by atoms with Gasteiger partial charge in [-0.2, -0.15) is 0 Å². The van der Waals surface area contributed by atoms with Crippen molar-refractivity contribution in [2.75, 3.05) is 9.62 Å². The second-order valence-electron chi connectivity index (χ2n) is 7.53. The van der Waals surface area contributed by atoms with Crippen LogP contribution in [0.15, 0.2) is 96.2 Å². The number of rotatable bonds is 7. The summed E-state index contributed by atoms with van der Waals surface area (Å²) in [6.07, 6.45) is 2.95. The number of halogens is 1. The van der Waals surface area contributed by atoms with Crippen molar-refractivity contribution in [2.24, 2.45) is 0 Å². The quantitative estimate of drug-likeness (QED) is 0.422. The van der Waals surface area contributed by atoms with Crippen LogP contribution in [0.25, 0.3) is 0 Å². The SMILES string of the molecule is Cc1ccc(S(=O)(=O)N(Cc2ccc(C(=O)Nc3ccc(F)cc3)cc2)c2ncccn2)cc1. The smallest absolute Gasteiger partial charge is 0.266 e. The number of amides is 1. The predicted molar refractivity (Wildman–Crippen MR) is 127 cm³/mol. The molecular formula is C25H21FN4O3S. The van der Waals surface area contributed by atoms with Crippen molar-refractivity contribution in [1.29, 1.82) is 0 Å². The minimum absolute atomic E-state index is 0.0277. The third-order valence-corrected chi connectivity index (χ3v) is 6.77. The molecule has 0 aliphatic heterocycles. The molecule has 0 unspecified atom stereocenters. The lowest BCUT2D eigenvalue weighted by Crippen LogP contribution is -2.32. The third-order valence-electron chi connectivity index (χ3n) is 5.03. The first-order chi connectivity index (χ1) is 16.3. The van der Waals surface area contributed by atoms with E-state index in [4.69, 9.17) is 0 Å². The van der Waals surface area contributed by atoms with E-state index in [1.165, 1.54) is 36.7 Å². The van der Waals surface area contributed by atoms with E-state index in [0.717, 1.165) is 9.87 Å². The maximum absolute atomic E-state index is 13.4. The van der Waals surface area contributed by atoms with E-state index < -0.39 is 15.8 Å². The summed E-state index contributed by atoms with van der Waals surface area (Å²) < 4.78 is 41.0. The normalized spacial score (nSPS) is 11.1. The molecule has 1 N–H and O–H groups in total. The Morgan fingerprint density at radius 1 is 0.912 bits per heavy atom. The summed E-state index contributed by atoms with van der Waals surface area (Å²) in [5.74, 6) is -0.718. The number of aromatic nitrogens is 2. The van der Waals surface area contributed by atoms with E-state index in [-0.39, 0.29) is 23.3 Å². The van der Waals surface area contributed by atoms with E-state index >= 15 is 0 Å². The van der Waals surface area contributed by atoms with Gasteiger partial charge in [-0.05, 0) is 67.1 Å². The molecule has 4 rings (SSSR count). The van der Waals surface area contributed by atoms with Crippen LogP contribution in [-0.4, -0.2) is 24.3 Å². The highest BCUT2D eigenvalue weighted by atomic mass is 32.2. The lowest BCUT2D eigenvalue weighted by Gasteiger charge is -2.22. The van der Waals surface area contributed by atoms with Crippen LogP contribution in [0, 0.1) is 12.7 Å². The average molecular weight is 477 g/mol. The highest BCUT2D eigenvalue weighted by molar-refractivity contribution is 7.92. The summed E-state index contributed by atoms with van der Waals surface area (Å²) in [7, 11) is -3.94. The van der Waals surface area contributed by atoms with Crippen LogP contribution in [-0.2, 0) is 16.6 Å². The zero-order valence-electron chi connectivity index (χ0n) is 18.2. The van der Waals surface area contributed by atoms with Crippen molar-refractivity contribution in [3.63, 3.8) is 0 Å². The van der Waals surface area contributed by atoms with Crippen LogP contribution in [0.4, 0.5) is 16.0 Å². The van der Waals surface area contributed by atoms with Crippen molar-refractivity contribution >= 4 is 27.6 Å². The highest BCUT2D eigenvalue weighted by Crippen LogP contribution is 2.23. The molecule has 0 atom stereocenters. The summed E-state index contributed by atoms with van der Waals surface area (Å²) in [6.45, 7) is 1.85. The fourth-order valence-electron chi connectivity index (χ4n) is 3.18. The summed E-state index contributed by atoms with van der Waals surface area (Å²) in [6, 6.07) is 20.1. The fraction of sp³-hybridized carbons (Fsp3) is 0.0800. The number of aryl methyl sites for hydroxylation is 1. The molecule has 0 fully saturated rings. The van der Waals surface area contributed by atoms with Gasteiger partial charge in [-0.15, -0.1) is 0 Å². The van der Waals surface area contributed by atoms with E-state index in [1.54, 1.807) is 54.6 Å². The zero-order chi connectivity index (χ0) is 24.1. The van der Waals surface area contributed by atoms with Gasteiger partial charge in [0.2, 0.25) is 5.95 Å². The van der Waals surface area contributed by atoms with Gasteiger partial charge in [0.1, 0.15) is 5.82 Å². The van der Waals surface area contributed by atoms with Crippen LogP contribution in [0.1, 0.15) is 21.5 Å². The number of hydrogen-bond donors (Lipinski definition) is 1. The Labute approximate surface area is 197 Å². The second-order valence-corrected chi connectivity index (χ2v) is 9.39. The standard InChI is InChI=1S/C25H21FN4O3S/c1-18-3-13-23(14-4-18)34(32,33)30(25-27-15-2-16-28-25)17-19-5-7-20(8-6-19)24(31)29-22-11-9-21(26)10-12-22/h2-16H,17H2,1H3,(H,29,31). The maximum atomic E-state index is 13.4. The molecule has 34 heavy (non-hydrogen) atoms. The topological polar surface area (TPSA) is 92.3 Å². The van der Waals surface area contributed by atoms with E-state index in [1.807, 2.05) is 6.92 Å². The molecule has 0 saturated heterocycles. The van der Waals surface area contributed by atoms with Crippen molar-refractivity contribution in [2.45, 2.75) is 18.4 Å². The summed E-state index contributed by atoms with van der Waals surface area (Å²) in [5.41, 5.74) is 2.42. The number of nitrogens with zero attached hydrogens (tertiary/aromatic N) is 3. The van der Waals surface area contributed by atoms with Gasteiger partial charge < -0.3 is 5.32 Å². The van der Waals surface area contributed by atoms with Crippen LogP contribution < -0.4 is 9.62 Å². The Balaban J connectivity index is 1.57. The zero-order valence-corrected chi connectivity index (χ0v) is 19.0. The van der Waals surface area contributed by atoms with Crippen LogP contribution in [0.5, 0.6) is 0 Å². The first-order valence-electron chi connectivity index (χ1n) is 10.4. The Morgan fingerprint density at radius 2 is 1.53 bits per heavy atom. The molecule has 0 bridgehead atoms. The molecule has 9 heteroatoms. The minimum atomic E-state index is -3.94. The number of hydrogen-bond acceptors (Lipinski definition) is 5. The minimum Gasteiger partial charge on any atom is -0.322 e. The first kappa shape index (κ1) is 23.1. The molecule has 1 amide bonds. The number of nitrogens with one attached hydrogen (secondary N) is 1. The summed E-state index contributed by atoms with van der Waals surface area (Å²) in [5, 5.41) is 2.69. The van der Waals surface area contributed by atoms with Crippen molar-refractivity contribution in [3.8, 4) is 0 Å². The molecular weight excluding hydrogens is 455 g/mol. The van der Waals surface area contributed by atoms with Crippen molar-refractivity contribution in [3.05, 3.63) is 114 Å². The Hall–Kier alpha value is -4.11. The maximum Gasteiger partial charge on any atom is 0.266 e. The number of anilines is 2. The second kappa shape index (κ2) is 9.80. The van der Waals surface area contributed by atoms with Gasteiger partial charge in [0.25, 0.3) is 15.9 Å². The van der Waals surface area contributed by atoms with Crippen molar-refractivity contribution < 1.29 is 17.6 Å². The molecule has 3 aromatic carbocycles. The Kier molecular flexibility index (Phi) is 6.65. The predicted octanol–water partition coefficient (Wildman–Crippen LogP) is 4.57. The van der Waals surface area contributed by atoms with E-state index in [2.05, 4.69) is 15.3 Å². The van der Waals surface area contributed by atoms with Gasteiger partial charge in [-0.3, -0.25) is 4.79 Å². The average Bonchev–Trinajstić information content (AvgIpc) is 2.85. The van der Waals surface area contributed by atoms with Gasteiger partial charge in [0.05, 0.1) is 11.4 Å². The molecule has 0 saturated carbocycles. The molecule has 7 nitrogen and oxygen atoms in total. The van der Waals surface area contributed by atoms with Crippen LogP contribution in [0.3, 0.4) is 0 Å². The number of sulfonamides is 1. The molecule has 1 heterocycles. The Morgan fingerprint density at radius 3 is 2.15 bits per heavy atom. The van der Waals surface area contributed by atoms with E-state index in [9.17, 15) is 17.6 Å². The Bertz CT molecular complexity index is 1380. The van der Waals surface area contributed by atoms with Gasteiger partial charge in [-0.25, -0.2) is 27.1 Å².